The van der Waals surface area contributed by atoms with E-state index < -0.39 is 0 Å². The fourth-order valence-corrected chi connectivity index (χ4v) is 3.76. The van der Waals surface area contributed by atoms with Crippen molar-refractivity contribution in [1.82, 2.24) is 0 Å². The van der Waals surface area contributed by atoms with Crippen LogP contribution in [0.25, 0.3) is 0 Å². The van der Waals surface area contributed by atoms with Crippen LogP contribution in [0.4, 0.5) is 0 Å². The molecule has 1 nitrogen and oxygen atoms in total. The summed E-state index contributed by atoms with van der Waals surface area (Å²) in [5.74, 6) is 1.72. The molecule has 0 saturated carbocycles. The average Bonchev–Trinajstić information content (AvgIpc) is 2.94. The van der Waals surface area contributed by atoms with Crippen LogP contribution < -0.4 is 0 Å². The summed E-state index contributed by atoms with van der Waals surface area (Å²) in [6.45, 7) is 2.10. The van der Waals surface area contributed by atoms with Gasteiger partial charge in [0.05, 0.1) is 5.75 Å². The van der Waals surface area contributed by atoms with Crippen molar-refractivity contribution in [3.63, 3.8) is 0 Å². The second-order valence-electron chi connectivity index (χ2n) is 5.74. The summed E-state index contributed by atoms with van der Waals surface area (Å²) in [4.78, 5) is 12.3. The second-order valence-corrected chi connectivity index (χ2v) is 6.73. The Morgan fingerprint density at radius 2 is 1.95 bits per heavy atom. The first-order valence-electron chi connectivity index (χ1n) is 7.51. The first-order chi connectivity index (χ1) is 10.2. The minimum absolute atomic E-state index is 0.252. The third kappa shape index (κ3) is 3.56. The predicted octanol–water partition coefficient (Wildman–Crippen LogP) is 4.60. The van der Waals surface area contributed by atoms with Crippen LogP contribution in [0.3, 0.4) is 0 Å². The molecule has 0 atom stereocenters. The molecule has 0 unspecified atom stereocenters. The lowest BCUT2D eigenvalue weighted by molar-refractivity contribution is 0.102. The van der Waals surface area contributed by atoms with Crippen LogP contribution in [-0.2, 0) is 18.6 Å². The number of benzene rings is 2. The summed E-state index contributed by atoms with van der Waals surface area (Å²) >= 11 is 1.70. The highest BCUT2D eigenvalue weighted by Crippen LogP contribution is 2.24. The number of rotatable bonds is 5. The van der Waals surface area contributed by atoms with Gasteiger partial charge in [0, 0.05) is 11.3 Å². The zero-order valence-corrected chi connectivity index (χ0v) is 13.2. The van der Waals surface area contributed by atoms with Crippen LogP contribution in [0.2, 0.25) is 0 Å². The van der Waals surface area contributed by atoms with E-state index in [1.165, 1.54) is 35.1 Å². The van der Waals surface area contributed by atoms with Gasteiger partial charge in [0.1, 0.15) is 0 Å². The third-order valence-electron chi connectivity index (χ3n) is 4.00. The van der Waals surface area contributed by atoms with Crippen molar-refractivity contribution >= 4 is 17.5 Å². The molecule has 108 valence electrons. The molecule has 2 aromatic carbocycles. The highest BCUT2D eigenvalue weighted by atomic mass is 32.2. The van der Waals surface area contributed by atoms with E-state index in [4.69, 9.17) is 0 Å². The first kappa shape index (κ1) is 14.4. The molecule has 0 aromatic heterocycles. The smallest absolute Gasteiger partial charge is 0.172 e. The molecule has 0 bridgehead atoms. The molecule has 0 amide bonds. The minimum Gasteiger partial charge on any atom is -0.293 e. The van der Waals surface area contributed by atoms with Crippen LogP contribution >= 0.6 is 11.8 Å². The van der Waals surface area contributed by atoms with Crippen molar-refractivity contribution in [3.8, 4) is 0 Å². The average molecular weight is 296 g/mol. The molecule has 0 N–H and O–H groups in total. The van der Waals surface area contributed by atoms with E-state index in [0.29, 0.717) is 5.75 Å². The molecular weight excluding hydrogens is 276 g/mol. The van der Waals surface area contributed by atoms with Crippen molar-refractivity contribution in [3.05, 3.63) is 70.3 Å². The Morgan fingerprint density at radius 3 is 2.81 bits per heavy atom. The Bertz CT molecular complexity index is 660. The number of hydrogen-bond acceptors (Lipinski definition) is 2. The maximum atomic E-state index is 12.3. The quantitative estimate of drug-likeness (QED) is 0.750. The van der Waals surface area contributed by atoms with Crippen molar-refractivity contribution in [1.29, 1.82) is 0 Å². The molecule has 0 radical (unpaired) electrons. The molecule has 0 heterocycles. The van der Waals surface area contributed by atoms with Gasteiger partial charge in [-0.3, -0.25) is 4.79 Å². The van der Waals surface area contributed by atoms with E-state index in [9.17, 15) is 4.79 Å². The molecule has 2 aromatic rings. The molecule has 0 saturated heterocycles. The summed E-state index contributed by atoms with van der Waals surface area (Å²) in [6, 6.07) is 14.7. The number of Topliss-reactive ketones (excluding diaryl/α,β-unsaturated/α-hetero) is 1. The van der Waals surface area contributed by atoms with Crippen molar-refractivity contribution in [2.75, 3.05) is 5.75 Å². The van der Waals surface area contributed by atoms with E-state index in [1.807, 2.05) is 6.07 Å². The van der Waals surface area contributed by atoms with Crippen LogP contribution in [-0.4, -0.2) is 11.5 Å². The summed E-state index contributed by atoms with van der Waals surface area (Å²) in [7, 11) is 0. The zero-order valence-electron chi connectivity index (χ0n) is 12.4. The fourth-order valence-electron chi connectivity index (χ4n) is 2.89. The molecular formula is C19H20OS. The van der Waals surface area contributed by atoms with E-state index in [2.05, 4.69) is 43.3 Å². The molecule has 21 heavy (non-hydrogen) atoms. The van der Waals surface area contributed by atoms with E-state index in [1.54, 1.807) is 11.8 Å². The Balaban J connectivity index is 1.57. The Morgan fingerprint density at radius 1 is 1.10 bits per heavy atom. The van der Waals surface area contributed by atoms with Crippen molar-refractivity contribution in [2.45, 2.75) is 31.9 Å². The van der Waals surface area contributed by atoms with Gasteiger partial charge >= 0.3 is 0 Å². The van der Waals surface area contributed by atoms with Gasteiger partial charge in [0.15, 0.2) is 5.78 Å². The van der Waals surface area contributed by atoms with Gasteiger partial charge in [-0.1, -0.05) is 42.0 Å². The Kier molecular flexibility index (Phi) is 4.45. The van der Waals surface area contributed by atoms with Gasteiger partial charge in [-0.15, -0.1) is 11.8 Å². The molecule has 1 aliphatic carbocycles. The van der Waals surface area contributed by atoms with Gasteiger partial charge in [-0.25, -0.2) is 0 Å². The number of hydrogen-bond donors (Lipinski definition) is 0. The SMILES string of the molecule is Cc1cccc(CSCC(=O)c2ccc3c(c2)CCC3)c1. The molecule has 0 spiro atoms. The Hall–Kier alpha value is -1.54. The summed E-state index contributed by atoms with van der Waals surface area (Å²) in [5.41, 5.74) is 6.26. The van der Waals surface area contributed by atoms with Crippen LogP contribution in [0.5, 0.6) is 0 Å². The maximum Gasteiger partial charge on any atom is 0.172 e. The van der Waals surface area contributed by atoms with Gasteiger partial charge in [0.2, 0.25) is 0 Å². The number of thioether (sulfide) groups is 1. The predicted molar refractivity (Wildman–Crippen MR) is 90.1 cm³/mol. The molecule has 0 fully saturated rings. The molecule has 3 rings (SSSR count). The molecule has 1 aliphatic rings. The fraction of sp³-hybridized carbons (Fsp3) is 0.316. The number of carbonyl (C=O) groups excluding carboxylic acids is 1. The van der Waals surface area contributed by atoms with Crippen LogP contribution in [0.1, 0.15) is 39.0 Å². The minimum atomic E-state index is 0.252. The van der Waals surface area contributed by atoms with Gasteiger partial charge in [0.25, 0.3) is 0 Å². The number of aryl methyl sites for hydroxylation is 3. The van der Waals surface area contributed by atoms with Crippen molar-refractivity contribution in [2.24, 2.45) is 0 Å². The Labute approximate surface area is 130 Å². The van der Waals surface area contributed by atoms with E-state index >= 15 is 0 Å². The topological polar surface area (TPSA) is 17.1 Å². The lowest BCUT2D eigenvalue weighted by atomic mass is 10.0. The summed E-state index contributed by atoms with van der Waals surface area (Å²) in [6.07, 6.45) is 3.54. The summed E-state index contributed by atoms with van der Waals surface area (Å²) < 4.78 is 0. The standard InChI is InChI=1S/C19H20OS/c1-14-4-2-5-15(10-14)12-21-13-19(20)18-9-8-16-6-3-7-17(16)11-18/h2,4-5,8-11H,3,6-7,12-13H2,1H3. The summed E-state index contributed by atoms with van der Waals surface area (Å²) in [5, 5.41) is 0. The molecule has 0 aliphatic heterocycles. The van der Waals surface area contributed by atoms with E-state index in [0.717, 1.165) is 17.7 Å². The van der Waals surface area contributed by atoms with Gasteiger partial charge in [-0.05, 0) is 48.9 Å². The monoisotopic (exact) mass is 296 g/mol. The highest BCUT2D eigenvalue weighted by molar-refractivity contribution is 7.99. The highest BCUT2D eigenvalue weighted by Gasteiger charge is 2.13. The zero-order chi connectivity index (χ0) is 14.7. The maximum absolute atomic E-state index is 12.3. The van der Waals surface area contributed by atoms with Crippen molar-refractivity contribution < 1.29 is 4.79 Å². The number of carbonyl (C=O) groups is 1. The lowest BCUT2D eigenvalue weighted by Gasteiger charge is -2.05. The largest absolute Gasteiger partial charge is 0.293 e. The molecule has 2 heteroatoms. The van der Waals surface area contributed by atoms with Crippen LogP contribution in [0.15, 0.2) is 42.5 Å². The van der Waals surface area contributed by atoms with E-state index in [-0.39, 0.29) is 5.78 Å². The number of fused-ring (bicyclic) bond motifs is 1. The van der Waals surface area contributed by atoms with Crippen LogP contribution in [0, 0.1) is 6.92 Å². The van der Waals surface area contributed by atoms with Gasteiger partial charge in [-0.2, -0.15) is 0 Å². The number of ketones is 1. The first-order valence-corrected chi connectivity index (χ1v) is 8.66. The second kappa shape index (κ2) is 6.48. The lowest BCUT2D eigenvalue weighted by Crippen LogP contribution is -2.03. The van der Waals surface area contributed by atoms with Gasteiger partial charge < -0.3 is 0 Å². The normalized spacial score (nSPS) is 13.2. The third-order valence-corrected chi connectivity index (χ3v) is 5.01.